The third kappa shape index (κ3) is 1.39. The number of hydrogen-bond donors (Lipinski definition) is 0. The van der Waals surface area contributed by atoms with E-state index in [4.69, 9.17) is 0 Å². The third-order valence-electron chi connectivity index (χ3n) is 1.94. The average molecular weight is 181 g/mol. The molecule has 0 amide bonds. The van der Waals surface area contributed by atoms with Crippen LogP contribution in [0.4, 0.5) is 0 Å². The second-order valence-electron chi connectivity index (χ2n) is 2.77. The van der Waals surface area contributed by atoms with Crippen molar-refractivity contribution in [2.75, 3.05) is 5.75 Å². The molecule has 0 N–H and O–H groups in total. The number of hydrogen-bond acceptors (Lipinski definition) is 3. The van der Waals surface area contributed by atoms with Gasteiger partial charge in [0.2, 0.25) is 0 Å². The van der Waals surface area contributed by atoms with E-state index >= 15 is 0 Å². The summed E-state index contributed by atoms with van der Waals surface area (Å²) in [6.45, 7) is 2.97. The lowest BCUT2D eigenvalue weighted by Crippen LogP contribution is -1.94. The number of allylic oxidation sites excluding steroid dienone is 1. The van der Waals surface area contributed by atoms with Crippen LogP contribution in [0.3, 0.4) is 0 Å². The lowest BCUT2D eigenvalue weighted by Gasteiger charge is -1.98. The fraction of sp³-hybridized carbons (Fsp3) is 0.500. The Balaban J connectivity index is 2.16. The Bertz CT molecular complexity index is 292. The third-order valence-corrected chi connectivity index (χ3v) is 2.84. The second kappa shape index (κ2) is 3.31. The minimum atomic E-state index is 0.482. The molecule has 0 aromatic carbocycles. The molecule has 0 radical (unpaired) electrons. The van der Waals surface area contributed by atoms with Gasteiger partial charge in [-0.15, -0.1) is 16.9 Å². The minimum absolute atomic E-state index is 0.482. The molecule has 0 aliphatic carbocycles. The first-order valence-corrected chi connectivity index (χ1v) is 5.13. The summed E-state index contributed by atoms with van der Waals surface area (Å²) in [4.78, 5) is 0. The Morgan fingerprint density at radius 2 is 2.67 bits per heavy atom. The van der Waals surface area contributed by atoms with Gasteiger partial charge in [0, 0.05) is 24.4 Å². The van der Waals surface area contributed by atoms with Crippen molar-refractivity contribution in [3.63, 3.8) is 0 Å². The van der Waals surface area contributed by atoms with Gasteiger partial charge in [-0.2, -0.15) is 0 Å². The molecule has 1 atom stereocenters. The fourth-order valence-electron chi connectivity index (χ4n) is 1.19. The van der Waals surface area contributed by atoms with Crippen LogP contribution >= 0.6 is 11.8 Å². The molecule has 1 aliphatic rings. The zero-order valence-electron chi connectivity index (χ0n) is 6.97. The Hall–Kier alpha value is -0.770. The van der Waals surface area contributed by atoms with Gasteiger partial charge in [-0.1, -0.05) is 11.3 Å². The molecule has 0 bridgehead atoms. The van der Waals surface area contributed by atoms with Gasteiger partial charge in [-0.05, 0) is 12.3 Å². The maximum absolute atomic E-state index is 4.12. The summed E-state index contributed by atoms with van der Waals surface area (Å²) in [7, 11) is 0. The van der Waals surface area contributed by atoms with Gasteiger partial charge in [-0.25, -0.2) is 0 Å². The molecule has 2 heterocycles. The van der Waals surface area contributed by atoms with Crippen LogP contribution in [-0.2, 0) is 6.54 Å². The highest BCUT2D eigenvalue weighted by molar-refractivity contribution is 8.02. The molecule has 1 aromatic rings. The molecule has 0 fully saturated rings. The molecule has 0 saturated heterocycles. The number of thioether (sulfide) groups is 1. The van der Waals surface area contributed by atoms with Gasteiger partial charge < -0.3 is 0 Å². The summed E-state index contributed by atoms with van der Waals surface area (Å²) >= 11 is 1.84. The van der Waals surface area contributed by atoms with Crippen LogP contribution in [0.1, 0.15) is 18.5 Å². The zero-order valence-corrected chi connectivity index (χ0v) is 7.79. The molecule has 12 heavy (non-hydrogen) atoms. The Morgan fingerprint density at radius 3 is 3.25 bits per heavy atom. The van der Waals surface area contributed by atoms with Crippen LogP contribution < -0.4 is 0 Å². The summed E-state index contributed by atoms with van der Waals surface area (Å²) < 4.78 is 1.87. The highest BCUT2D eigenvalue weighted by Crippen LogP contribution is 2.27. The molecule has 0 spiro atoms. The van der Waals surface area contributed by atoms with Gasteiger partial charge in [0.15, 0.2) is 0 Å². The molecule has 3 nitrogen and oxygen atoms in total. The van der Waals surface area contributed by atoms with Gasteiger partial charge >= 0.3 is 0 Å². The first-order valence-electron chi connectivity index (χ1n) is 4.08. The largest absolute Gasteiger partial charge is 0.253 e. The summed E-state index contributed by atoms with van der Waals surface area (Å²) in [6, 6.07) is 0. The fourth-order valence-corrected chi connectivity index (χ4v) is 2.09. The van der Waals surface area contributed by atoms with Crippen molar-refractivity contribution in [1.29, 1.82) is 0 Å². The first-order chi connectivity index (χ1) is 5.90. The lowest BCUT2D eigenvalue weighted by molar-refractivity contribution is 0.626. The van der Waals surface area contributed by atoms with Crippen LogP contribution in [0.25, 0.3) is 0 Å². The Labute approximate surface area is 75.8 Å². The summed E-state index contributed by atoms with van der Waals surface area (Å²) in [5.41, 5.74) is 1.10. The maximum atomic E-state index is 4.12. The average Bonchev–Trinajstić information content (AvgIpc) is 2.75. The van der Waals surface area contributed by atoms with Crippen molar-refractivity contribution in [3.8, 4) is 0 Å². The van der Waals surface area contributed by atoms with Gasteiger partial charge in [0.25, 0.3) is 0 Å². The molecule has 0 saturated carbocycles. The second-order valence-corrected chi connectivity index (χ2v) is 3.71. The van der Waals surface area contributed by atoms with Crippen molar-refractivity contribution in [2.45, 2.75) is 19.4 Å². The van der Waals surface area contributed by atoms with E-state index in [9.17, 15) is 0 Å². The topological polar surface area (TPSA) is 30.7 Å². The minimum Gasteiger partial charge on any atom is -0.253 e. The summed E-state index contributed by atoms with van der Waals surface area (Å²) in [5.74, 6) is 1.60. The molecule has 64 valence electrons. The van der Waals surface area contributed by atoms with E-state index < -0.39 is 0 Å². The number of aromatic nitrogens is 3. The van der Waals surface area contributed by atoms with Gasteiger partial charge in [0.1, 0.15) is 0 Å². The highest BCUT2D eigenvalue weighted by Gasteiger charge is 2.15. The van der Waals surface area contributed by atoms with Crippen LogP contribution in [0, 0.1) is 0 Å². The molecule has 2 rings (SSSR count). The summed E-state index contributed by atoms with van der Waals surface area (Å²) in [6.07, 6.45) is 4.22. The smallest absolute Gasteiger partial charge is 0.0904 e. The molecular formula is C8H11N3S. The predicted octanol–water partition coefficient (Wildman–Crippen LogP) is 1.64. The number of rotatable bonds is 2. The van der Waals surface area contributed by atoms with E-state index in [1.165, 1.54) is 0 Å². The molecule has 1 aromatic heterocycles. The molecule has 1 aliphatic heterocycles. The van der Waals surface area contributed by atoms with Gasteiger partial charge in [-0.3, -0.25) is 4.68 Å². The van der Waals surface area contributed by atoms with Crippen molar-refractivity contribution < 1.29 is 0 Å². The standard InChI is InChI=1S/C8H11N3S/c1-2-11-5-8(9-10-11)7-3-4-12-6-7/h3-5,7H,2,6H2,1H3. The maximum Gasteiger partial charge on any atom is 0.0904 e. The van der Waals surface area contributed by atoms with E-state index in [2.05, 4.69) is 28.7 Å². The summed E-state index contributed by atoms with van der Waals surface area (Å²) in [5, 5.41) is 10.3. The lowest BCUT2D eigenvalue weighted by atomic mass is 10.1. The predicted molar refractivity (Wildman–Crippen MR) is 50.0 cm³/mol. The molecule has 1 unspecified atom stereocenters. The Kier molecular flexibility index (Phi) is 2.17. The van der Waals surface area contributed by atoms with Crippen molar-refractivity contribution >= 4 is 11.8 Å². The van der Waals surface area contributed by atoms with Gasteiger partial charge in [0.05, 0.1) is 5.69 Å². The first kappa shape index (κ1) is 7.86. The van der Waals surface area contributed by atoms with E-state index in [-0.39, 0.29) is 0 Å². The van der Waals surface area contributed by atoms with E-state index in [1.54, 1.807) is 0 Å². The van der Waals surface area contributed by atoms with Crippen molar-refractivity contribution in [2.24, 2.45) is 0 Å². The van der Waals surface area contributed by atoms with E-state index in [0.717, 1.165) is 18.0 Å². The van der Waals surface area contributed by atoms with E-state index in [0.29, 0.717) is 5.92 Å². The zero-order chi connectivity index (χ0) is 8.39. The van der Waals surface area contributed by atoms with Crippen LogP contribution in [0.15, 0.2) is 17.7 Å². The SMILES string of the molecule is CCn1cc(C2C=CSC2)nn1. The molecular weight excluding hydrogens is 170 g/mol. The van der Waals surface area contributed by atoms with Crippen molar-refractivity contribution in [1.82, 2.24) is 15.0 Å². The van der Waals surface area contributed by atoms with E-state index in [1.807, 2.05) is 22.6 Å². The van der Waals surface area contributed by atoms with Crippen molar-refractivity contribution in [3.05, 3.63) is 23.4 Å². The monoisotopic (exact) mass is 181 g/mol. The molecule has 4 heteroatoms. The normalized spacial score (nSPS) is 21.9. The van der Waals surface area contributed by atoms with Crippen LogP contribution in [0.5, 0.6) is 0 Å². The number of nitrogens with zero attached hydrogens (tertiary/aromatic N) is 3. The highest BCUT2D eigenvalue weighted by atomic mass is 32.2. The Morgan fingerprint density at radius 1 is 1.75 bits per heavy atom. The quantitative estimate of drug-likeness (QED) is 0.695. The number of aryl methyl sites for hydroxylation is 1. The van der Waals surface area contributed by atoms with Crippen LogP contribution in [-0.4, -0.2) is 20.7 Å². The van der Waals surface area contributed by atoms with Crippen LogP contribution in [0.2, 0.25) is 0 Å².